The molecule has 2 N–H and O–H groups in total. The van der Waals surface area contributed by atoms with Gasteiger partial charge in [0, 0.05) is 0 Å². The summed E-state index contributed by atoms with van der Waals surface area (Å²) in [5.41, 5.74) is 6.78. The Kier molecular flexibility index (Phi) is 3.17. The van der Waals surface area contributed by atoms with Crippen LogP contribution in [0.3, 0.4) is 0 Å². The Morgan fingerprint density at radius 3 is 3.00 bits per heavy atom. The molecule has 1 aromatic carbocycles. The van der Waals surface area contributed by atoms with E-state index in [2.05, 4.69) is 28.9 Å². The second-order valence-corrected chi connectivity index (χ2v) is 4.47. The molecule has 15 heavy (non-hydrogen) atoms. The summed E-state index contributed by atoms with van der Waals surface area (Å²) in [5, 5.41) is 0. The van der Waals surface area contributed by atoms with E-state index in [4.69, 9.17) is 15.2 Å². The monoisotopic (exact) mass is 271 g/mol. The molecule has 4 heteroatoms. The molecule has 1 aliphatic heterocycles. The second kappa shape index (κ2) is 4.41. The molecular weight excluding hydrogens is 258 g/mol. The van der Waals surface area contributed by atoms with Crippen LogP contribution >= 0.6 is 15.9 Å². The fraction of sp³-hybridized carbons (Fsp3) is 0.455. The number of fused-ring (bicyclic) bond motifs is 1. The largest absolute Gasteiger partial charge is 0.454 e. The summed E-state index contributed by atoms with van der Waals surface area (Å²) in [4.78, 5) is 0. The molecule has 0 aromatic heterocycles. The van der Waals surface area contributed by atoms with Gasteiger partial charge in [-0.05, 0) is 46.4 Å². The molecule has 1 unspecified atom stereocenters. The fourth-order valence-electron chi connectivity index (χ4n) is 1.74. The predicted octanol–water partition coefficient (Wildman–Crippen LogP) is 2.63. The molecule has 1 aromatic rings. The first-order valence-electron chi connectivity index (χ1n) is 5.02. The van der Waals surface area contributed by atoms with E-state index < -0.39 is 0 Å². The van der Waals surface area contributed by atoms with E-state index in [9.17, 15) is 0 Å². The summed E-state index contributed by atoms with van der Waals surface area (Å²) in [6, 6.07) is 4.02. The Balaban J connectivity index is 2.33. The molecule has 3 nitrogen and oxygen atoms in total. The highest BCUT2D eigenvalue weighted by Crippen LogP contribution is 2.43. The molecule has 0 fully saturated rings. The molecule has 0 aliphatic carbocycles. The smallest absolute Gasteiger partial charge is 0.231 e. The van der Waals surface area contributed by atoms with E-state index in [-0.39, 0.29) is 0 Å². The summed E-state index contributed by atoms with van der Waals surface area (Å²) in [7, 11) is 0. The fourth-order valence-corrected chi connectivity index (χ4v) is 2.57. The molecule has 2 rings (SSSR count). The van der Waals surface area contributed by atoms with Crippen molar-refractivity contribution in [2.24, 2.45) is 5.73 Å². The number of halogens is 1. The summed E-state index contributed by atoms with van der Waals surface area (Å²) in [5.74, 6) is 2.06. The van der Waals surface area contributed by atoms with Crippen molar-refractivity contribution in [2.75, 3.05) is 13.3 Å². The predicted molar refractivity (Wildman–Crippen MR) is 62.4 cm³/mol. The lowest BCUT2D eigenvalue weighted by atomic mass is 9.97. The van der Waals surface area contributed by atoms with Crippen LogP contribution in [0.5, 0.6) is 11.5 Å². The molecule has 0 bridgehead atoms. The van der Waals surface area contributed by atoms with Crippen molar-refractivity contribution < 1.29 is 9.47 Å². The van der Waals surface area contributed by atoms with Gasteiger partial charge >= 0.3 is 0 Å². The Morgan fingerprint density at radius 1 is 1.47 bits per heavy atom. The molecule has 1 aliphatic rings. The lowest BCUT2D eigenvalue weighted by molar-refractivity contribution is 0.173. The summed E-state index contributed by atoms with van der Waals surface area (Å²) in [6.45, 7) is 3.17. The van der Waals surface area contributed by atoms with Crippen molar-refractivity contribution >= 4 is 15.9 Å². The summed E-state index contributed by atoms with van der Waals surface area (Å²) in [6.07, 6.45) is 0.970. The minimum absolute atomic E-state index is 0.308. The lowest BCUT2D eigenvalue weighted by Crippen LogP contribution is -2.05. The lowest BCUT2D eigenvalue weighted by Gasteiger charge is -2.13. The summed E-state index contributed by atoms with van der Waals surface area (Å²) >= 11 is 3.56. The molecule has 0 spiro atoms. The maximum atomic E-state index is 5.56. The molecule has 0 saturated carbocycles. The van der Waals surface area contributed by atoms with Crippen LogP contribution < -0.4 is 15.2 Å². The van der Waals surface area contributed by atoms with Crippen molar-refractivity contribution in [3.05, 3.63) is 22.2 Å². The average molecular weight is 272 g/mol. The first kappa shape index (κ1) is 10.8. The zero-order chi connectivity index (χ0) is 10.8. The van der Waals surface area contributed by atoms with Crippen molar-refractivity contribution in [3.63, 3.8) is 0 Å². The standard InChI is InChI=1S/C11H14BrNO2/c1-7(4-5-13)8-2-3-9-11(10(8)12)15-6-14-9/h2-3,7H,4-6,13H2,1H3. The van der Waals surface area contributed by atoms with E-state index in [0.717, 1.165) is 22.4 Å². The van der Waals surface area contributed by atoms with Gasteiger partial charge in [-0.15, -0.1) is 0 Å². The minimum Gasteiger partial charge on any atom is -0.454 e. The topological polar surface area (TPSA) is 44.5 Å². The zero-order valence-corrected chi connectivity index (χ0v) is 10.2. The number of hydrogen-bond acceptors (Lipinski definition) is 3. The quantitative estimate of drug-likeness (QED) is 0.919. The van der Waals surface area contributed by atoms with Gasteiger partial charge in [0.25, 0.3) is 0 Å². The third-order valence-electron chi connectivity index (χ3n) is 2.64. The van der Waals surface area contributed by atoms with Gasteiger partial charge in [-0.1, -0.05) is 13.0 Å². The van der Waals surface area contributed by atoms with Crippen LogP contribution in [-0.4, -0.2) is 13.3 Å². The normalized spacial score (nSPS) is 15.4. The highest BCUT2D eigenvalue weighted by Gasteiger charge is 2.21. The zero-order valence-electron chi connectivity index (χ0n) is 8.63. The van der Waals surface area contributed by atoms with Gasteiger partial charge in [0.05, 0.1) is 4.47 Å². The van der Waals surface area contributed by atoms with E-state index >= 15 is 0 Å². The van der Waals surface area contributed by atoms with Gasteiger partial charge in [-0.3, -0.25) is 0 Å². The van der Waals surface area contributed by atoms with E-state index in [1.807, 2.05) is 6.07 Å². The van der Waals surface area contributed by atoms with Crippen LogP contribution in [0.1, 0.15) is 24.8 Å². The average Bonchev–Trinajstić information content (AvgIpc) is 2.67. The maximum Gasteiger partial charge on any atom is 0.231 e. The maximum absolute atomic E-state index is 5.56. The minimum atomic E-state index is 0.308. The first-order chi connectivity index (χ1) is 7.24. The van der Waals surface area contributed by atoms with Crippen LogP contribution in [0.4, 0.5) is 0 Å². The molecule has 1 heterocycles. The third-order valence-corrected chi connectivity index (χ3v) is 3.46. The Labute approximate surface area is 97.7 Å². The van der Waals surface area contributed by atoms with Crippen molar-refractivity contribution in [3.8, 4) is 11.5 Å². The van der Waals surface area contributed by atoms with E-state index in [1.54, 1.807) is 0 Å². The van der Waals surface area contributed by atoms with Gasteiger partial charge in [-0.2, -0.15) is 0 Å². The Hall–Kier alpha value is -0.740. The Morgan fingerprint density at radius 2 is 2.27 bits per heavy atom. The van der Waals surface area contributed by atoms with Gasteiger partial charge in [0.1, 0.15) is 0 Å². The molecule has 0 amide bonds. The number of nitrogens with two attached hydrogens (primary N) is 1. The van der Waals surface area contributed by atoms with Crippen LogP contribution in [0.2, 0.25) is 0 Å². The van der Waals surface area contributed by atoms with Gasteiger partial charge < -0.3 is 15.2 Å². The third kappa shape index (κ3) is 1.96. The molecule has 1 atom stereocenters. The highest BCUT2D eigenvalue weighted by molar-refractivity contribution is 9.10. The summed E-state index contributed by atoms with van der Waals surface area (Å²) < 4.78 is 11.7. The van der Waals surface area contributed by atoms with Crippen molar-refractivity contribution in [1.82, 2.24) is 0 Å². The SMILES string of the molecule is CC(CCN)c1ccc2c(c1Br)OCO2. The molecule has 0 saturated heterocycles. The molecular formula is C11H14BrNO2. The van der Waals surface area contributed by atoms with Gasteiger partial charge in [0.15, 0.2) is 11.5 Å². The van der Waals surface area contributed by atoms with E-state index in [1.165, 1.54) is 5.56 Å². The second-order valence-electron chi connectivity index (χ2n) is 3.68. The number of rotatable bonds is 3. The first-order valence-corrected chi connectivity index (χ1v) is 5.81. The van der Waals surface area contributed by atoms with Crippen LogP contribution in [0.15, 0.2) is 16.6 Å². The molecule has 82 valence electrons. The van der Waals surface area contributed by atoms with Crippen molar-refractivity contribution in [1.29, 1.82) is 0 Å². The van der Waals surface area contributed by atoms with Crippen LogP contribution in [0, 0.1) is 0 Å². The van der Waals surface area contributed by atoms with Crippen molar-refractivity contribution in [2.45, 2.75) is 19.3 Å². The van der Waals surface area contributed by atoms with Gasteiger partial charge in [-0.25, -0.2) is 0 Å². The van der Waals surface area contributed by atoms with Gasteiger partial charge in [0.2, 0.25) is 6.79 Å². The number of ether oxygens (including phenoxy) is 2. The van der Waals surface area contributed by atoms with Crippen LogP contribution in [-0.2, 0) is 0 Å². The van der Waals surface area contributed by atoms with E-state index in [0.29, 0.717) is 19.3 Å². The number of hydrogen-bond donors (Lipinski definition) is 1. The molecule has 0 radical (unpaired) electrons. The number of benzene rings is 1. The Bertz CT molecular complexity index is 368. The van der Waals surface area contributed by atoms with Crippen LogP contribution in [0.25, 0.3) is 0 Å². The highest BCUT2D eigenvalue weighted by atomic mass is 79.9.